The summed E-state index contributed by atoms with van der Waals surface area (Å²) in [5.74, 6) is 0.234. The van der Waals surface area contributed by atoms with Crippen molar-refractivity contribution in [2.45, 2.75) is 26.5 Å². The summed E-state index contributed by atoms with van der Waals surface area (Å²) in [4.78, 5) is 3.72. The molecule has 4 nitrogen and oxygen atoms in total. The lowest BCUT2D eigenvalue weighted by molar-refractivity contribution is 0.180. The number of hydrogen-bond acceptors (Lipinski definition) is 2. The predicted octanol–water partition coefficient (Wildman–Crippen LogP) is 0.153. The fraction of sp³-hybridized carbons (Fsp3) is 0.571. The van der Waals surface area contributed by atoms with Crippen LogP contribution in [0.4, 0.5) is 0 Å². The van der Waals surface area contributed by atoms with E-state index in [-0.39, 0.29) is 5.96 Å². The molecule has 0 radical (unpaired) electrons. The molecule has 64 valence electrons. The zero-order valence-electron chi connectivity index (χ0n) is 6.91. The topological polar surface area (TPSA) is 70.6 Å². The first-order valence-electron chi connectivity index (χ1n) is 3.59. The van der Waals surface area contributed by atoms with Gasteiger partial charge in [-0.05, 0) is 19.5 Å². The van der Waals surface area contributed by atoms with Crippen molar-refractivity contribution in [3.05, 3.63) is 12.3 Å². The molecule has 0 saturated carbocycles. The second kappa shape index (κ2) is 5.73. The number of aliphatic hydroxyl groups excluding tert-OH is 1. The molecule has 0 fully saturated rings. The number of aliphatic imine (C=N–C) groups is 1. The summed E-state index contributed by atoms with van der Waals surface area (Å²) in [7, 11) is 0. The lowest BCUT2D eigenvalue weighted by Gasteiger charge is -2.03. The molecule has 0 bridgehead atoms. The summed E-state index contributed by atoms with van der Waals surface area (Å²) in [6.07, 6.45) is 3.31. The molecule has 0 saturated heterocycles. The number of nitrogens with two attached hydrogens (primary N) is 1. The van der Waals surface area contributed by atoms with Crippen LogP contribution < -0.4 is 11.1 Å². The van der Waals surface area contributed by atoms with Crippen molar-refractivity contribution < 1.29 is 5.11 Å². The van der Waals surface area contributed by atoms with Gasteiger partial charge in [-0.25, -0.2) is 4.99 Å². The minimum Gasteiger partial charge on any atom is -0.372 e. The molecule has 0 aliphatic rings. The number of allylic oxidation sites excluding steroid dienone is 1. The molecule has 0 aliphatic carbocycles. The van der Waals surface area contributed by atoms with Crippen LogP contribution in [0.15, 0.2) is 17.3 Å². The number of nitrogens with zero attached hydrogens (tertiary/aromatic N) is 1. The van der Waals surface area contributed by atoms with E-state index in [1.165, 1.54) is 0 Å². The number of guanidine groups is 1. The van der Waals surface area contributed by atoms with Crippen LogP contribution in [0.25, 0.3) is 0 Å². The lowest BCUT2D eigenvalue weighted by Crippen LogP contribution is -2.28. The fourth-order valence-electron chi connectivity index (χ4n) is 0.458. The SMILES string of the molecule is CC=CNC(N)=NC(O)CC. The number of hydrogen-bond donors (Lipinski definition) is 3. The van der Waals surface area contributed by atoms with Crippen molar-refractivity contribution in [3.8, 4) is 0 Å². The highest BCUT2D eigenvalue weighted by Crippen LogP contribution is 1.89. The monoisotopic (exact) mass is 157 g/mol. The molecule has 1 atom stereocenters. The van der Waals surface area contributed by atoms with E-state index in [9.17, 15) is 0 Å². The van der Waals surface area contributed by atoms with Crippen LogP contribution >= 0.6 is 0 Å². The van der Waals surface area contributed by atoms with Gasteiger partial charge in [-0.2, -0.15) is 0 Å². The van der Waals surface area contributed by atoms with Gasteiger partial charge in [-0.1, -0.05) is 13.0 Å². The van der Waals surface area contributed by atoms with E-state index in [2.05, 4.69) is 10.3 Å². The molecule has 1 unspecified atom stereocenters. The molecule has 0 amide bonds. The maximum Gasteiger partial charge on any atom is 0.195 e. The Balaban J connectivity index is 3.79. The van der Waals surface area contributed by atoms with Gasteiger partial charge < -0.3 is 16.2 Å². The van der Waals surface area contributed by atoms with Crippen LogP contribution in [0.1, 0.15) is 20.3 Å². The molecule has 4 heteroatoms. The summed E-state index contributed by atoms with van der Waals surface area (Å²) >= 11 is 0. The van der Waals surface area contributed by atoms with Crippen molar-refractivity contribution in [1.29, 1.82) is 0 Å². The van der Waals surface area contributed by atoms with Gasteiger partial charge in [0.15, 0.2) is 5.96 Å². The van der Waals surface area contributed by atoms with Crippen LogP contribution in [-0.4, -0.2) is 17.3 Å². The quantitative estimate of drug-likeness (QED) is 0.403. The van der Waals surface area contributed by atoms with Crippen molar-refractivity contribution in [3.63, 3.8) is 0 Å². The van der Waals surface area contributed by atoms with Crippen molar-refractivity contribution in [1.82, 2.24) is 5.32 Å². The Labute approximate surface area is 66.8 Å². The van der Waals surface area contributed by atoms with Gasteiger partial charge in [0.05, 0.1) is 0 Å². The van der Waals surface area contributed by atoms with Gasteiger partial charge in [0.1, 0.15) is 6.23 Å². The third-order valence-corrected chi connectivity index (χ3v) is 1.05. The molecule has 0 aromatic heterocycles. The minimum atomic E-state index is -0.701. The van der Waals surface area contributed by atoms with Gasteiger partial charge in [-0.15, -0.1) is 0 Å². The van der Waals surface area contributed by atoms with E-state index in [0.29, 0.717) is 6.42 Å². The molecular formula is C7H15N3O. The summed E-state index contributed by atoms with van der Waals surface area (Å²) < 4.78 is 0. The summed E-state index contributed by atoms with van der Waals surface area (Å²) in [5.41, 5.74) is 5.36. The van der Waals surface area contributed by atoms with E-state index >= 15 is 0 Å². The highest BCUT2D eigenvalue weighted by atomic mass is 16.3. The largest absolute Gasteiger partial charge is 0.372 e. The van der Waals surface area contributed by atoms with E-state index in [0.717, 1.165) is 0 Å². The predicted molar refractivity (Wildman–Crippen MR) is 45.9 cm³/mol. The Bertz CT molecular complexity index is 154. The molecule has 11 heavy (non-hydrogen) atoms. The van der Waals surface area contributed by atoms with E-state index in [1.807, 2.05) is 13.8 Å². The van der Waals surface area contributed by atoms with E-state index < -0.39 is 6.23 Å². The van der Waals surface area contributed by atoms with Crippen LogP contribution in [-0.2, 0) is 0 Å². The van der Waals surface area contributed by atoms with E-state index in [1.54, 1.807) is 12.3 Å². The second-order valence-corrected chi connectivity index (χ2v) is 2.05. The van der Waals surface area contributed by atoms with Gasteiger partial charge in [0.25, 0.3) is 0 Å². The minimum absolute atomic E-state index is 0.234. The molecular weight excluding hydrogens is 142 g/mol. The smallest absolute Gasteiger partial charge is 0.195 e. The first-order chi connectivity index (χ1) is 5.20. The Hall–Kier alpha value is -1.03. The van der Waals surface area contributed by atoms with E-state index in [4.69, 9.17) is 10.8 Å². The maximum atomic E-state index is 9.00. The molecule has 0 aromatic carbocycles. The van der Waals surface area contributed by atoms with Crippen molar-refractivity contribution >= 4 is 5.96 Å². The average molecular weight is 157 g/mol. The standard InChI is InChI=1S/C7H15N3O/c1-3-5-9-7(8)10-6(11)4-2/h3,5-6,11H,4H2,1-2H3,(H3,8,9,10). The van der Waals surface area contributed by atoms with Crippen LogP contribution in [0.3, 0.4) is 0 Å². The maximum absolute atomic E-state index is 9.00. The first-order valence-corrected chi connectivity index (χ1v) is 3.59. The zero-order chi connectivity index (χ0) is 8.69. The van der Waals surface area contributed by atoms with Crippen LogP contribution in [0.5, 0.6) is 0 Å². The van der Waals surface area contributed by atoms with Crippen LogP contribution in [0.2, 0.25) is 0 Å². The summed E-state index contributed by atoms with van der Waals surface area (Å²) in [5, 5.41) is 11.7. The van der Waals surface area contributed by atoms with Crippen LogP contribution in [0, 0.1) is 0 Å². The average Bonchev–Trinajstić information content (AvgIpc) is 2.00. The molecule has 0 heterocycles. The second-order valence-electron chi connectivity index (χ2n) is 2.05. The zero-order valence-corrected chi connectivity index (χ0v) is 6.91. The lowest BCUT2D eigenvalue weighted by atomic mass is 10.4. The molecule has 0 aromatic rings. The Morgan fingerprint density at radius 2 is 2.45 bits per heavy atom. The molecule has 0 rings (SSSR count). The Kier molecular flexibility index (Phi) is 5.20. The van der Waals surface area contributed by atoms with Gasteiger partial charge in [0.2, 0.25) is 0 Å². The highest BCUT2D eigenvalue weighted by molar-refractivity contribution is 5.78. The van der Waals surface area contributed by atoms with Gasteiger partial charge >= 0.3 is 0 Å². The summed E-state index contributed by atoms with van der Waals surface area (Å²) in [6.45, 7) is 3.69. The number of rotatable bonds is 3. The normalized spacial score (nSPS) is 15.4. The third-order valence-electron chi connectivity index (χ3n) is 1.05. The fourth-order valence-corrected chi connectivity index (χ4v) is 0.458. The van der Waals surface area contributed by atoms with Gasteiger partial charge in [0, 0.05) is 0 Å². The van der Waals surface area contributed by atoms with Crippen molar-refractivity contribution in [2.75, 3.05) is 0 Å². The molecule has 0 spiro atoms. The highest BCUT2D eigenvalue weighted by Gasteiger charge is 1.95. The summed E-state index contributed by atoms with van der Waals surface area (Å²) in [6, 6.07) is 0. The number of aliphatic hydroxyl groups is 1. The Morgan fingerprint density at radius 3 is 2.91 bits per heavy atom. The third kappa shape index (κ3) is 5.42. The molecule has 0 aliphatic heterocycles. The Morgan fingerprint density at radius 1 is 1.82 bits per heavy atom. The van der Waals surface area contributed by atoms with Gasteiger partial charge in [-0.3, -0.25) is 0 Å². The first kappa shape index (κ1) is 9.97. The molecule has 4 N–H and O–H groups in total. The number of nitrogens with one attached hydrogen (secondary N) is 1. The van der Waals surface area contributed by atoms with Crippen molar-refractivity contribution in [2.24, 2.45) is 10.7 Å².